The molecule has 1 unspecified atom stereocenters. The number of carbonyl (C=O) groups is 1. The molecular formula is C21H28N4O5. The summed E-state index contributed by atoms with van der Waals surface area (Å²) in [5, 5.41) is 2.94. The van der Waals surface area contributed by atoms with Crippen LogP contribution in [0.5, 0.6) is 5.75 Å². The van der Waals surface area contributed by atoms with Gasteiger partial charge in [0.1, 0.15) is 12.3 Å². The molecule has 1 aromatic heterocycles. The molecule has 1 aromatic carbocycles. The number of anilines is 1. The summed E-state index contributed by atoms with van der Waals surface area (Å²) in [5.74, 6) is 0.905. The van der Waals surface area contributed by atoms with Crippen LogP contribution in [0, 0.1) is 0 Å². The lowest BCUT2D eigenvalue weighted by Crippen LogP contribution is -2.42. The van der Waals surface area contributed by atoms with E-state index in [2.05, 4.69) is 10.3 Å². The fraction of sp³-hybridized carbons (Fsp3) is 0.476. The molecule has 3 rings (SSSR count). The number of nitrogens with one attached hydrogen (secondary N) is 1. The molecule has 30 heavy (non-hydrogen) atoms. The predicted molar refractivity (Wildman–Crippen MR) is 112 cm³/mol. The molecule has 1 saturated heterocycles. The second kappa shape index (κ2) is 10.2. The Morgan fingerprint density at radius 2 is 2.03 bits per heavy atom. The molecule has 0 saturated carbocycles. The molecular weight excluding hydrogens is 388 g/mol. The van der Waals surface area contributed by atoms with Crippen molar-refractivity contribution in [2.24, 2.45) is 0 Å². The molecule has 0 spiro atoms. The lowest BCUT2D eigenvalue weighted by Gasteiger charge is -2.30. The highest BCUT2D eigenvalue weighted by atomic mass is 16.5. The number of hydrogen-bond acceptors (Lipinski definition) is 7. The molecule has 162 valence electrons. The fourth-order valence-corrected chi connectivity index (χ4v) is 3.34. The van der Waals surface area contributed by atoms with Crippen molar-refractivity contribution < 1.29 is 19.0 Å². The number of carbonyl (C=O) groups excluding carboxylic acids is 1. The third-order valence-electron chi connectivity index (χ3n) is 4.90. The van der Waals surface area contributed by atoms with E-state index >= 15 is 0 Å². The summed E-state index contributed by atoms with van der Waals surface area (Å²) >= 11 is 0. The maximum atomic E-state index is 12.8. The highest BCUT2D eigenvalue weighted by Crippen LogP contribution is 2.19. The number of aromatic nitrogens is 2. The van der Waals surface area contributed by atoms with Gasteiger partial charge in [-0.2, -0.15) is 0 Å². The van der Waals surface area contributed by atoms with E-state index in [1.54, 1.807) is 14.2 Å². The Morgan fingerprint density at radius 1 is 1.27 bits per heavy atom. The van der Waals surface area contributed by atoms with Gasteiger partial charge in [-0.3, -0.25) is 14.2 Å². The van der Waals surface area contributed by atoms with Gasteiger partial charge in [0.15, 0.2) is 0 Å². The van der Waals surface area contributed by atoms with Gasteiger partial charge < -0.3 is 24.4 Å². The van der Waals surface area contributed by atoms with Gasteiger partial charge in [0.25, 0.3) is 5.56 Å². The molecule has 0 aliphatic carbocycles. The SMILES string of the molecule is COCc1cc(=O)n(CC(=O)NC(C)c2cccc(OC)c2)c(N2CCOCC2)n1. The zero-order valence-electron chi connectivity index (χ0n) is 17.6. The van der Waals surface area contributed by atoms with Crippen molar-refractivity contribution in [3.63, 3.8) is 0 Å². The monoisotopic (exact) mass is 416 g/mol. The molecule has 0 bridgehead atoms. The second-order valence-corrected chi connectivity index (χ2v) is 7.07. The lowest BCUT2D eigenvalue weighted by atomic mass is 10.1. The number of nitrogens with zero attached hydrogens (tertiary/aromatic N) is 3. The van der Waals surface area contributed by atoms with Crippen molar-refractivity contribution in [1.82, 2.24) is 14.9 Å². The molecule has 1 atom stereocenters. The van der Waals surface area contributed by atoms with Gasteiger partial charge in [-0.25, -0.2) is 4.98 Å². The van der Waals surface area contributed by atoms with E-state index in [4.69, 9.17) is 14.2 Å². The molecule has 0 radical (unpaired) electrons. The maximum absolute atomic E-state index is 12.8. The number of amides is 1. The van der Waals surface area contributed by atoms with E-state index in [1.165, 1.54) is 10.6 Å². The summed E-state index contributed by atoms with van der Waals surface area (Å²) in [4.78, 5) is 32.0. The van der Waals surface area contributed by atoms with Crippen molar-refractivity contribution in [1.29, 1.82) is 0 Å². The van der Waals surface area contributed by atoms with E-state index in [9.17, 15) is 9.59 Å². The Labute approximate surface area is 175 Å². The maximum Gasteiger partial charge on any atom is 0.255 e. The third-order valence-corrected chi connectivity index (χ3v) is 4.90. The number of ether oxygens (including phenoxy) is 3. The van der Waals surface area contributed by atoms with E-state index in [0.29, 0.717) is 37.9 Å². The summed E-state index contributed by atoms with van der Waals surface area (Å²) in [6.07, 6.45) is 0. The quantitative estimate of drug-likeness (QED) is 0.689. The molecule has 1 amide bonds. The van der Waals surface area contributed by atoms with Crippen LogP contribution < -0.4 is 20.5 Å². The van der Waals surface area contributed by atoms with Crippen LogP contribution in [-0.4, -0.2) is 56.0 Å². The van der Waals surface area contributed by atoms with Crippen LogP contribution in [0.3, 0.4) is 0 Å². The molecule has 1 fully saturated rings. The van der Waals surface area contributed by atoms with Crippen molar-refractivity contribution in [3.8, 4) is 5.75 Å². The van der Waals surface area contributed by atoms with E-state index < -0.39 is 0 Å². The van der Waals surface area contributed by atoms with Gasteiger partial charge in [0.2, 0.25) is 11.9 Å². The first-order valence-corrected chi connectivity index (χ1v) is 9.87. The highest BCUT2D eigenvalue weighted by Gasteiger charge is 2.21. The van der Waals surface area contributed by atoms with Crippen molar-refractivity contribution in [3.05, 3.63) is 51.9 Å². The van der Waals surface area contributed by atoms with Gasteiger partial charge in [-0.1, -0.05) is 12.1 Å². The van der Waals surface area contributed by atoms with Crippen LogP contribution >= 0.6 is 0 Å². The number of methoxy groups -OCH3 is 2. The van der Waals surface area contributed by atoms with Crippen LogP contribution in [-0.2, 0) is 27.4 Å². The van der Waals surface area contributed by atoms with Crippen molar-refractivity contribution >= 4 is 11.9 Å². The zero-order valence-corrected chi connectivity index (χ0v) is 17.6. The predicted octanol–water partition coefficient (Wildman–Crippen LogP) is 1.11. The summed E-state index contributed by atoms with van der Waals surface area (Å²) in [6.45, 7) is 4.28. The van der Waals surface area contributed by atoms with Crippen LogP contribution in [0.1, 0.15) is 24.2 Å². The zero-order chi connectivity index (χ0) is 21.5. The smallest absolute Gasteiger partial charge is 0.255 e. The Hall–Kier alpha value is -2.91. The summed E-state index contributed by atoms with van der Waals surface area (Å²) < 4.78 is 17.2. The average Bonchev–Trinajstić information content (AvgIpc) is 2.76. The topological polar surface area (TPSA) is 94.9 Å². The number of morpholine rings is 1. The molecule has 2 heterocycles. The first-order valence-electron chi connectivity index (χ1n) is 9.87. The van der Waals surface area contributed by atoms with Gasteiger partial charge in [-0.15, -0.1) is 0 Å². The molecule has 9 nitrogen and oxygen atoms in total. The van der Waals surface area contributed by atoms with Crippen LogP contribution in [0.2, 0.25) is 0 Å². The molecule has 1 aliphatic rings. The molecule has 1 aliphatic heterocycles. The van der Waals surface area contributed by atoms with Gasteiger partial charge in [-0.05, 0) is 24.6 Å². The largest absolute Gasteiger partial charge is 0.497 e. The summed E-state index contributed by atoms with van der Waals surface area (Å²) in [6, 6.07) is 8.68. The van der Waals surface area contributed by atoms with Gasteiger partial charge >= 0.3 is 0 Å². The average molecular weight is 416 g/mol. The Bertz CT molecular complexity index is 924. The lowest BCUT2D eigenvalue weighted by molar-refractivity contribution is -0.122. The summed E-state index contributed by atoms with van der Waals surface area (Å²) in [5.41, 5.74) is 1.16. The van der Waals surface area contributed by atoms with Crippen LogP contribution in [0.25, 0.3) is 0 Å². The van der Waals surface area contributed by atoms with Crippen LogP contribution in [0.4, 0.5) is 5.95 Å². The fourth-order valence-electron chi connectivity index (χ4n) is 3.34. The van der Waals surface area contributed by atoms with Gasteiger partial charge in [0.05, 0.1) is 38.7 Å². The summed E-state index contributed by atoms with van der Waals surface area (Å²) in [7, 11) is 3.15. The Balaban J connectivity index is 1.80. The van der Waals surface area contributed by atoms with Crippen LogP contribution in [0.15, 0.2) is 35.1 Å². The highest BCUT2D eigenvalue weighted by molar-refractivity contribution is 5.76. The standard InChI is InChI=1S/C21H28N4O5/c1-15(16-5-4-6-18(11-16)29-3)22-19(26)13-25-20(27)12-17(14-28-2)23-21(25)24-7-9-30-10-8-24/h4-6,11-12,15H,7-10,13-14H2,1-3H3,(H,22,26). The molecule has 9 heteroatoms. The Kier molecular flexibility index (Phi) is 7.42. The van der Waals surface area contributed by atoms with E-state index in [1.807, 2.05) is 36.1 Å². The number of hydrogen-bond donors (Lipinski definition) is 1. The normalized spacial score (nSPS) is 15.0. The van der Waals surface area contributed by atoms with Crippen molar-refractivity contribution in [2.75, 3.05) is 45.4 Å². The minimum Gasteiger partial charge on any atom is -0.497 e. The first-order chi connectivity index (χ1) is 14.5. The molecule has 2 aromatic rings. The van der Waals surface area contributed by atoms with E-state index in [-0.39, 0.29) is 30.7 Å². The number of rotatable bonds is 8. The third kappa shape index (κ3) is 5.37. The number of benzene rings is 1. The molecule has 1 N–H and O–H groups in total. The minimum absolute atomic E-state index is 0.125. The van der Waals surface area contributed by atoms with Gasteiger partial charge in [0, 0.05) is 26.3 Å². The second-order valence-electron chi connectivity index (χ2n) is 7.07. The van der Waals surface area contributed by atoms with Crippen molar-refractivity contribution in [2.45, 2.75) is 26.1 Å². The Morgan fingerprint density at radius 3 is 2.73 bits per heavy atom. The van der Waals surface area contributed by atoms with E-state index in [0.717, 1.165) is 11.3 Å². The minimum atomic E-state index is -0.289. The first kappa shape index (κ1) is 21.8.